The first-order valence-electron chi connectivity index (χ1n) is 4.93. The van der Waals surface area contributed by atoms with Gasteiger partial charge in [-0.2, -0.15) is 0 Å². The molecule has 0 spiro atoms. The van der Waals surface area contributed by atoms with Crippen LogP contribution in [0.1, 0.15) is 33.6 Å². The third-order valence-corrected chi connectivity index (χ3v) is 1.86. The summed E-state index contributed by atoms with van der Waals surface area (Å²) in [6.07, 6.45) is 1.34. The molecule has 0 saturated heterocycles. The third kappa shape index (κ3) is 7.78. The Morgan fingerprint density at radius 2 is 2.00 bits per heavy atom. The number of aliphatic hydroxyl groups excluding tert-OH is 1. The lowest BCUT2D eigenvalue weighted by molar-refractivity contribution is -0.121. The molecule has 0 aromatic heterocycles. The minimum absolute atomic E-state index is 0.111. The van der Waals surface area contributed by atoms with Gasteiger partial charge in [0.2, 0.25) is 5.91 Å². The van der Waals surface area contributed by atoms with E-state index < -0.39 is 0 Å². The zero-order valence-electron chi connectivity index (χ0n) is 8.84. The summed E-state index contributed by atoms with van der Waals surface area (Å²) in [7, 11) is 0. The molecule has 0 saturated carbocycles. The number of nitrogens with one attached hydrogen (secondary N) is 1. The van der Waals surface area contributed by atoms with Crippen molar-refractivity contribution in [3.05, 3.63) is 0 Å². The molecular formula is C10H21NO2. The molecule has 1 atom stereocenters. The lowest BCUT2D eigenvalue weighted by Crippen LogP contribution is -2.29. The van der Waals surface area contributed by atoms with Gasteiger partial charge in [-0.25, -0.2) is 0 Å². The van der Waals surface area contributed by atoms with Crippen molar-refractivity contribution >= 4 is 5.91 Å². The predicted molar refractivity (Wildman–Crippen MR) is 53.3 cm³/mol. The van der Waals surface area contributed by atoms with E-state index >= 15 is 0 Å². The van der Waals surface area contributed by atoms with Crippen LogP contribution in [0.2, 0.25) is 0 Å². The van der Waals surface area contributed by atoms with Gasteiger partial charge in [-0.05, 0) is 18.3 Å². The zero-order chi connectivity index (χ0) is 10.3. The van der Waals surface area contributed by atoms with Gasteiger partial charge in [-0.3, -0.25) is 4.79 Å². The van der Waals surface area contributed by atoms with Crippen molar-refractivity contribution in [2.75, 3.05) is 13.2 Å². The van der Waals surface area contributed by atoms with Crippen LogP contribution < -0.4 is 5.32 Å². The molecule has 3 heteroatoms. The van der Waals surface area contributed by atoms with E-state index in [0.717, 1.165) is 6.42 Å². The van der Waals surface area contributed by atoms with E-state index in [1.807, 2.05) is 20.8 Å². The normalized spacial score (nSPS) is 13.0. The average Bonchev–Trinajstić information content (AvgIpc) is 2.00. The topological polar surface area (TPSA) is 49.3 Å². The zero-order valence-corrected chi connectivity index (χ0v) is 8.84. The van der Waals surface area contributed by atoms with Gasteiger partial charge >= 0.3 is 0 Å². The fourth-order valence-corrected chi connectivity index (χ4v) is 1.05. The van der Waals surface area contributed by atoms with Gasteiger partial charge in [-0.15, -0.1) is 0 Å². The number of carbonyl (C=O) groups excluding carboxylic acids is 1. The van der Waals surface area contributed by atoms with Crippen molar-refractivity contribution in [2.24, 2.45) is 11.8 Å². The molecule has 2 N–H and O–H groups in total. The summed E-state index contributed by atoms with van der Waals surface area (Å²) in [4.78, 5) is 11.2. The van der Waals surface area contributed by atoms with Crippen LogP contribution in [-0.2, 0) is 4.79 Å². The Bertz CT molecular complexity index is 146. The number of amides is 1. The van der Waals surface area contributed by atoms with E-state index in [1.54, 1.807) is 0 Å². The largest absolute Gasteiger partial charge is 0.396 e. The Morgan fingerprint density at radius 3 is 2.46 bits per heavy atom. The highest BCUT2D eigenvalue weighted by Crippen LogP contribution is 2.01. The van der Waals surface area contributed by atoms with Crippen molar-refractivity contribution in [3.8, 4) is 0 Å². The van der Waals surface area contributed by atoms with Crippen molar-refractivity contribution in [1.82, 2.24) is 5.32 Å². The molecule has 0 rings (SSSR count). The maximum Gasteiger partial charge on any atom is 0.220 e. The Morgan fingerprint density at radius 1 is 1.38 bits per heavy atom. The average molecular weight is 187 g/mol. The molecular weight excluding hydrogens is 166 g/mol. The van der Waals surface area contributed by atoms with E-state index in [0.29, 0.717) is 24.8 Å². The molecule has 0 aromatic rings. The quantitative estimate of drug-likeness (QED) is 0.655. The van der Waals surface area contributed by atoms with Gasteiger partial charge in [0, 0.05) is 19.6 Å². The first-order chi connectivity index (χ1) is 6.06. The molecule has 1 unspecified atom stereocenters. The van der Waals surface area contributed by atoms with Crippen LogP contribution >= 0.6 is 0 Å². The molecule has 0 bridgehead atoms. The molecule has 0 aromatic carbocycles. The minimum Gasteiger partial charge on any atom is -0.396 e. The molecule has 0 fully saturated rings. The molecule has 1 amide bonds. The molecule has 13 heavy (non-hydrogen) atoms. The maximum absolute atomic E-state index is 11.2. The number of hydrogen-bond donors (Lipinski definition) is 2. The van der Waals surface area contributed by atoms with Crippen LogP contribution in [0.25, 0.3) is 0 Å². The Hall–Kier alpha value is -0.570. The molecule has 3 nitrogen and oxygen atoms in total. The van der Waals surface area contributed by atoms with E-state index in [2.05, 4.69) is 5.32 Å². The van der Waals surface area contributed by atoms with Crippen molar-refractivity contribution in [2.45, 2.75) is 33.6 Å². The Labute approximate surface area is 80.5 Å². The summed E-state index contributed by atoms with van der Waals surface area (Å²) in [6.45, 7) is 6.94. The second kappa shape index (κ2) is 6.89. The third-order valence-electron chi connectivity index (χ3n) is 1.86. The van der Waals surface area contributed by atoms with Gasteiger partial charge in [-0.1, -0.05) is 20.8 Å². The number of rotatable bonds is 6. The van der Waals surface area contributed by atoms with Gasteiger partial charge < -0.3 is 10.4 Å². The standard InChI is InChI=1S/C10H21NO2/c1-8(2)6-10(13)11-7-9(3)4-5-12/h8-9,12H,4-7H2,1-3H3,(H,11,13). The smallest absolute Gasteiger partial charge is 0.220 e. The second-order valence-corrected chi connectivity index (χ2v) is 4.02. The number of aliphatic hydroxyl groups is 1. The number of carbonyl (C=O) groups is 1. The lowest BCUT2D eigenvalue weighted by atomic mass is 10.1. The van der Waals surface area contributed by atoms with Crippen LogP contribution in [0, 0.1) is 11.8 Å². The summed E-state index contributed by atoms with van der Waals surface area (Å²) in [5, 5.41) is 11.5. The summed E-state index contributed by atoms with van der Waals surface area (Å²) < 4.78 is 0. The maximum atomic E-state index is 11.2. The summed E-state index contributed by atoms with van der Waals surface area (Å²) in [5.41, 5.74) is 0. The van der Waals surface area contributed by atoms with Gasteiger partial charge in [0.1, 0.15) is 0 Å². The Balaban J connectivity index is 3.46. The summed E-state index contributed by atoms with van der Waals surface area (Å²) in [6, 6.07) is 0. The summed E-state index contributed by atoms with van der Waals surface area (Å²) in [5.74, 6) is 0.883. The SMILES string of the molecule is CC(C)CC(=O)NCC(C)CCO. The summed E-state index contributed by atoms with van der Waals surface area (Å²) >= 11 is 0. The monoisotopic (exact) mass is 187 g/mol. The highest BCUT2D eigenvalue weighted by Gasteiger charge is 2.06. The highest BCUT2D eigenvalue weighted by atomic mass is 16.3. The van der Waals surface area contributed by atoms with Crippen molar-refractivity contribution in [1.29, 1.82) is 0 Å². The molecule has 0 aliphatic carbocycles. The minimum atomic E-state index is 0.111. The lowest BCUT2D eigenvalue weighted by Gasteiger charge is -2.11. The van der Waals surface area contributed by atoms with Crippen molar-refractivity contribution in [3.63, 3.8) is 0 Å². The van der Waals surface area contributed by atoms with E-state index in [-0.39, 0.29) is 12.5 Å². The first-order valence-corrected chi connectivity index (χ1v) is 4.93. The number of hydrogen-bond acceptors (Lipinski definition) is 2. The van der Waals surface area contributed by atoms with Gasteiger partial charge in [0.05, 0.1) is 0 Å². The van der Waals surface area contributed by atoms with Crippen LogP contribution in [0.5, 0.6) is 0 Å². The van der Waals surface area contributed by atoms with Gasteiger partial charge in [0.25, 0.3) is 0 Å². The van der Waals surface area contributed by atoms with E-state index in [9.17, 15) is 4.79 Å². The van der Waals surface area contributed by atoms with E-state index in [4.69, 9.17) is 5.11 Å². The fourth-order valence-electron chi connectivity index (χ4n) is 1.05. The predicted octanol–water partition coefficient (Wildman–Crippen LogP) is 1.17. The molecule has 78 valence electrons. The highest BCUT2D eigenvalue weighted by molar-refractivity contribution is 5.75. The van der Waals surface area contributed by atoms with Crippen molar-refractivity contribution < 1.29 is 9.90 Å². The molecule has 0 radical (unpaired) electrons. The molecule has 0 aliphatic rings. The van der Waals surface area contributed by atoms with Crippen LogP contribution in [0.4, 0.5) is 0 Å². The van der Waals surface area contributed by atoms with Crippen LogP contribution in [-0.4, -0.2) is 24.2 Å². The van der Waals surface area contributed by atoms with Gasteiger partial charge in [0.15, 0.2) is 0 Å². The molecule has 0 aliphatic heterocycles. The van der Waals surface area contributed by atoms with Crippen LogP contribution in [0.3, 0.4) is 0 Å². The fraction of sp³-hybridized carbons (Fsp3) is 0.900. The Kier molecular flexibility index (Phi) is 6.59. The van der Waals surface area contributed by atoms with E-state index in [1.165, 1.54) is 0 Å². The second-order valence-electron chi connectivity index (χ2n) is 4.02. The van der Waals surface area contributed by atoms with Crippen LogP contribution in [0.15, 0.2) is 0 Å². The first kappa shape index (κ1) is 12.4. The molecule has 0 heterocycles.